The minimum absolute atomic E-state index is 0.0257. The molecule has 0 spiro atoms. The zero-order valence-corrected chi connectivity index (χ0v) is 12.6. The van der Waals surface area contributed by atoms with Crippen molar-refractivity contribution in [2.45, 2.75) is 44.6 Å². The monoisotopic (exact) mass is 284 g/mol. The zero-order valence-electron chi connectivity index (χ0n) is 12.6. The quantitative estimate of drug-likeness (QED) is 0.895. The lowest BCUT2D eigenvalue weighted by molar-refractivity contribution is -0.123. The second-order valence-electron chi connectivity index (χ2n) is 7.16. The maximum atomic E-state index is 12.6. The molecule has 3 nitrogen and oxygen atoms in total. The Morgan fingerprint density at radius 2 is 2.14 bits per heavy atom. The van der Waals surface area contributed by atoms with E-state index >= 15 is 0 Å². The molecular weight excluding hydrogens is 260 g/mol. The molecule has 1 amide bonds. The molecule has 1 aromatic carbocycles. The molecule has 3 heteroatoms. The number of para-hydroxylation sites is 1. The number of anilines is 1. The van der Waals surface area contributed by atoms with Crippen molar-refractivity contribution in [3.63, 3.8) is 0 Å². The molecule has 1 aromatic rings. The van der Waals surface area contributed by atoms with Gasteiger partial charge in [0.25, 0.3) is 0 Å². The van der Waals surface area contributed by atoms with Crippen molar-refractivity contribution in [2.75, 3.05) is 11.9 Å². The molecule has 21 heavy (non-hydrogen) atoms. The third-order valence-corrected chi connectivity index (χ3v) is 5.95. The van der Waals surface area contributed by atoms with Gasteiger partial charge in [0.2, 0.25) is 5.91 Å². The van der Waals surface area contributed by atoms with Crippen LogP contribution in [0, 0.1) is 17.8 Å². The molecular formula is C18H24N2O. The lowest BCUT2D eigenvalue weighted by atomic mass is 9.83. The zero-order chi connectivity index (χ0) is 14.4. The topological polar surface area (TPSA) is 41.1 Å². The van der Waals surface area contributed by atoms with Gasteiger partial charge in [0, 0.05) is 18.3 Å². The van der Waals surface area contributed by atoms with Crippen LogP contribution < -0.4 is 10.6 Å². The van der Waals surface area contributed by atoms with Gasteiger partial charge in [-0.3, -0.25) is 4.79 Å². The van der Waals surface area contributed by atoms with Crippen molar-refractivity contribution in [1.29, 1.82) is 0 Å². The van der Waals surface area contributed by atoms with Crippen LogP contribution in [0.2, 0.25) is 0 Å². The molecule has 1 heterocycles. The summed E-state index contributed by atoms with van der Waals surface area (Å²) in [6, 6.07) is 8.49. The van der Waals surface area contributed by atoms with Crippen LogP contribution in [0.15, 0.2) is 24.3 Å². The number of carbonyl (C=O) groups is 1. The molecule has 2 fully saturated rings. The van der Waals surface area contributed by atoms with Gasteiger partial charge < -0.3 is 10.6 Å². The third-order valence-electron chi connectivity index (χ3n) is 5.95. The normalized spacial score (nSPS) is 34.3. The number of carbonyl (C=O) groups excluding carboxylic acids is 1. The van der Waals surface area contributed by atoms with Crippen LogP contribution in [0.3, 0.4) is 0 Å². The van der Waals surface area contributed by atoms with Gasteiger partial charge in [-0.1, -0.05) is 24.6 Å². The van der Waals surface area contributed by atoms with Crippen molar-refractivity contribution < 1.29 is 4.79 Å². The molecule has 0 saturated heterocycles. The summed E-state index contributed by atoms with van der Waals surface area (Å²) in [4.78, 5) is 12.6. The first-order chi connectivity index (χ1) is 10.2. The van der Waals surface area contributed by atoms with Gasteiger partial charge in [0.15, 0.2) is 0 Å². The fourth-order valence-electron chi connectivity index (χ4n) is 4.86. The Kier molecular flexibility index (Phi) is 3.16. The van der Waals surface area contributed by atoms with Crippen molar-refractivity contribution in [3.05, 3.63) is 29.8 Å². The molecule has 112 valence electrons. The maximum Gasteiger partial charge on any atom is 0.229 e. The highest BCUT2D eigenvalue weighted by Crippen LogP contribution is 2.49. The van der Waals surface area contributed by atoms with Crippen LogP contribution in [0.5, 0.6) is 0 Å². The Morgan fingerprint density at radius 3 is 2.90 bits per heavy atom. The SMILES string of the molecule is CC(NC(=O)C1CNc2ccccc21)C1CC2CCC1C2. The fourth-order valence-corrected chi connectivity index (χ4v) is 4.86. The van der Waals surface area contributed by atoms with Crippen molar-refractivity contribution in [2.24, 2.45) is 17.8 Å². The molecule has 2 N–H and O–H groups in total. The molecule has 5 unspecified atom stereocenters. The highest BCUT2D eigenvalue weighted by Gasteiger charge is 2.42. The lowest BCUT2D eigenvalue weighted by Gasteiger charge is -2.29. The predicted octanol–water partition coefficient (Wildman–Crippen LogP) is 3.14. The summed E-state index contributed by atoms with van der Waals surface area (Å²) < 4.78 is 0. The average molecular weight is 284 g/mol. The van der Waals surface area contributed by atoms with Gasteiger partial charge in [-0.15, -0.1) is 0 Å². The van der Waals surface area contributed by atoms with Gasteiger partial charge >= 0.3 is 0 Å². The first-order valence-corrected chi connectivity index (χ1v) is 8.35. The second kappa shape index (κ2) is 5.04. The number of hydrogen-bond donors (Lipinski definition) is 2. The smallest absolute Gasteiger partial charge is 0.229 e. The summed E-state index contributed by atoms with van der Waals surface area (Å²) in [5.74, 6) is 2.68. The van der Waals surface area contributed by atoms with Gasteiger partial charge in [0.1, 0.15) is 0 Å². The summed E-state index contributed by atoms with van der Waals surface area (Å²) in [6.45, 7) is 2.94. The van der Waals surface area contributed by atoms with E-state index in [1.807, 2.05) is 12.1 Å². The number of nitrogens with one attached hydrogen (secondary N) is 2. The van der Waals surface area contributed by atoms with Crippen molar-refractivity contribution in [1.82, 2.24) is 5.32 Å². The number of hydrogen-bond acceptors (Lipinski definition) is 2. The average Bonchev–Trinajstić information content (AvgIpc) is 3.21. The Labute approximate surface area is 126 Å². The lowest BCUT2D eigenvalue weighted by Crippen LogP contribution is -2.42. The van der Waals surface area contributed by atoms with E-state index < -0.39 is 0 Å². The second-order valence-corrected chi connectivity index (χ2v) is 7.16. The molecule has 1 aliphatic heterocycles. The molecule has 0 aromatic heterocycles. The molecule has 4 rings (SSSR count). The Morgan fingerprint density at radius 1 is 1.29 bits per heavy atom. The highest BCUT2D eigenvalue weighted by molar-refractivity contribution is 5.88. The van der Waals surface area contributed by atoms with E-state index in [0.29, 0.717) is 12.0 Å². The van der Waals surface area contributed by atoms with E-state index in [1.165, 1.54) is 25.7 Å². The molecule has 5 atom stereocenters. The number of amides is 1. The first kappa shape index (κ1) is 13.2. The van der Waals surface area contributed by atoms with E-state index in [2.05, 4.69) is 29.7 Å². The van der Waals surface area contributed by atoms with E-state index in [1.54, 1.807) is 0 Å². The third kappa shape index (κ3) is 2.23. The van der Waals surface area contributed by atoms with E-state index in [0.717, 1.165) is 29.6 Å². The molecule has 2 bridgehead atoms. The Hall–Kier alpha value is -1.51. The summed E-state index contributed by atoms with van der Waals surface area (Å²) >= 11 is 0. The van der Waals surface area contributed by atoms with E-state index in [9.17, 15) is 4.79 Å². The number of benzene rings is 1. The minimum Gasteiger partial charge on any atom is -0.384 e. The van der Waals surface area contributed by atoms with Crippen molar-refractivity contribution in [3.8, 4) is 0 Å². The molecule has 2 saturated carbocycles. The van der Waals surface area contributed by atoms with Crippen LogP contribution in [0.4, 0.5) is 5.69 Å². The summed E-state index contributed by atoms with van der Waals surface area (Å²) in [6.07, 6.45) is 5.52. The summed E-state index contributed by atoms with van der Waals surface area (Å²) in [7, 11) is 0. The summed E-state index contributed by atoms with van der Waals surface area (Å²) in [5, 5.41) is 6.65. The van der Waals surface area contributed by atoms with Gasteiger partial charge in [-0.2, -0.15) is 0 Å². The van der Waals surface area contributed by atoms with Crippen LogP contribution in [-0.2, 0) is 4.79 Å². The molecule has 0 radical (unpaired) electrons. The Balaban J connectivity index is 1.42. The first-order valence-electron chi connectivity index (χ1n) is 8.35. The maximum absolute atomic E-state index is 12.6. The minimum atomic E-state index is -0.0257. The highest BCUT2D eigenvalue weighted by atomic mass is 16.2. The van der Waals surface area contributed by atoms with E-state index in [4.69, 9.17) is 0 Å². The van der Waals surface area contributed by atoms with Gasteiger partial charge in [0.05, 0.1) is 5.92 Å². The Bertz CT molecular complexity index is 556. The standard InChI is InChI=1S/C18H24N2O/c1-11(15-9-12-6-7-13(15)8-12)20-18(21)16-10-19-17-5-3-2-4-14(16)17/h2-5,11-13,15-16,19H,6-10H2,1H3,(H,20,21). The van der Waals surface area contributed by atoms with Crippen LogP contribution in [0.25, 0.3) is 0 Å². The van der Waals surface area contributed by atoms with Gasteiger partial charge in [-0.05, 0) is 55.6 Å². The molecule has 2 aliphatic carbocycles. The summed E-state index contributed by atoms with van der Waals surface area (Å²) in [5.41, 5.74) is 2.26. The van der Waals surface area contributed by atoms with E-state index in [-0.39, 0.29) is 11.8 Å². The molecule has 3 aliphatic rings. The predicted molar refractivity (Wildman–Crippen MR) is 84.2 cm³/mol. The van der Waals surface area contributed by atoms with Crippen LogP contribution in [-0.4, -0.2) is 18.5 Å². The van der Waals surface area contributed by atoms with Crippen LogP contribution >= 0.6 is 0 Å². The van der Waals surface area contributed by atoms with Crippen LogP contribution in [0.1, 0.15) is 44.1 Å². The van der Waals surface area contributed by atoms with Crippen molar-refractivity contribution >= 4 is 11.6 Å². The largest absolute Gasteiger partial charge is 0.384 e. The number of fused-ring (bicyclic) bond motifs is 3. The fraction of sp³-hybridized carbons (Fsp3) is 0.611. The van der Waals surface area contributed by atoms with Gasteiger partial charge in [-0.25, -0.2) is 0 Å². The number of rotatable bonds is 3.